The number of hydrogen-bond donors (Lipinski definition) is 2. The molecule has 0 spiro atoms. The first-order valence-corrected chi connectivity index (χ1v) is 5.37. The van der Waals surface area contributed by atoms with Gasteiger partial charge in [0.25, 0.3) is 5.56 Å². The van der Waals surface area contributed by atoms with E-state index in [0.717, 1.165) is 5.56 Å². The molecule has 0 fully saturated rings. The smallest absolute Gasteiger partial charge is 0.369 e. The van der Waals surface area contributed by atoms with Crippen LogP contribution in [0.2, 0.25) is 0 Å². The maximum absolute atomic E-state index is 11.5. The molecule has 6 heteroatoms. The largest absolute Gasteiger partial charge is 2.00 e. The fourth-order valence-electron chi connectivity index (χ4n) is 1.26. The monoisotopic (exact) mass is 377 g/mol. The van der Waals surface area contributed by atoms with Crippen LogP contribution in [0, 0.1) is 3.57 Å². The van der Waals surface area contributed by atoms with Crippen molar-refractivity contribution in [2.75, 3.05) is 5.73 Å². The first-order valence-electron chi connectivity index (χ1n) is 4.29. The molecule has 2 rings (SSSR count). The average Bonchev–Trinajstić information content (AvgIpc) is 2.24. The van der Waals surface area contributed by atoms with Crippen LogP contribution >= 0.6 is 22.6 Å². The van der Waals surface area contributed by atoms with Crippen LogP contribution in [0.25, 0.3) is 11.3 Å². The number of H-pyrrole nitrogens is 1. The minimum Gasteiger partial charge on any atom is -0.369 e. The van der Waals surface area contributed by atoms with Crippen molar-refractivity contribution in [1.82, 2.24) is 9.97 Å². The Morgan fingerprint density at radius 3 is 2.50 bits per heavy atom. The van der Waals surface area contributed by atoms with E-state index in [1.165, 1.54) is 0 Å². The summed E-state index contributed by atoms with van der Waals surface area (Å²) >= 11 is 1.96. The molecule has 2 aromatic rings. The summed E-state index contributed by atoms with van der Waals surface area (Å²) in [6.45, 7) is 0. The maximum Gasteiger partial charge on any atom is 2.00 e. The minimum atomic E-state index is -0.207. The summed E-state index contributed by atoms with van der Waals surface area (Å²) in [5.74, 6) is 0.138. The number of nitrogens with one attached hydrogen (secondary N) is 1. The van der Waals surface area contributed by atoms with Gasteiger partial charge in [-0.25, -0.2) is 4.98 Å². The Balaban J connectivity index is 0.00000128. The molecular formula is C10H8IN3OZn+2. The number of aromatic nitrogens is 2. The second-order valence-corrected chi connectivity index (χ2v) is 4.06. The van der Waals surface area contributed by atoms with Gasteiger partial charge in [0, 0.05) is 5.56 Å². The summed E-state index contributed by atoms with van der Waals surface area (Å²) in [5.41, 5.74) is 6.80. The molecule has 1 heterocycles. The molecule has 3 N–H and O–H groups in total. The van der Waals surface area contributed by atoms with Gasteiger partial charge in [-0.2, -0.15) is 0 Å². The predicted octanol–water partition coefficient (Wildman–Crippen LogP) is 1.62. The molecule has 0 radical (unpaired) electrons. The van der Waals surface area contributed by atoms with Crippen LogP contribution in [-0.4, -0.2) is 9.97 Å². The second kappa shape index (κ2) is 5.54. The number of nitrogen functional groups attached to an aromatic ring is 1. The van der Waals surface area contributed by atoms with Gasteiger partial charge in [-0.3, -0.25) is 9.78 Å². The summed E-state index contributed by atoms with van der Waals surface area (Å²) in [7, 11) is 0. The molecule has 0 aliphatic carbocycles. The Morgan fingerprint density at radius 1 is 1.25 bits per heavy atom. The van der Waals surface area contributed by atoms with Crippen molar-refractivity contribution < 1.29 is 19.5 Å². The van der Waals surface area contributed by atoms with Crippen molar-refractivity contribution in [2.24, 2.45) is 0 Å². The molecule has 0 saturated carbocycles. The van der Waals surface area contributed by atoms with Gasteiger partial charge in [0.05, 0.1) is 5.69 Å². The van der Waals surface area contributed by atoms with E-state index in [4.69, 9.17) is 5.73 Å². The SMILES string of the molecule is Nc1nc(-c2ccccc2)c(I)c(=O)[nH]1.[Zn+2]. The molecule has 0 saturated heterocycles. The van der Waals surface area contributed by atoms with Crippen LogP contribution in [0.1, 0.15) is 0 Å². The standard InChI is InChI=1S/C10H8IN3O.Zn/c11-7-8(6-4-2-1-3-5-6)13-10(12)14-9(7)15;/h1-5H,(H3,12,13,14,15);/q;+2. The third-order valence-corrected chi connectivity index (χ3v) is 2.93. The Kier molecular flexibility index (Phi) is 4.61. The van der Waals surface area contributed by atoms with E-state index < -0.39 is 0 Å². The zero-order chi connectivity index (χ0) is 10.8. The molecule has 1 aromatic heterocycles. The second-order valence-electron chi connectivity index (χ2n) is 2.98. The fourth-order valence-corrected chi connectivity index (χ4v) is 1.83. The van der Waals surface area contributed by atoms with Crippen LogP contribution in [0.4, 0.5) is 5.95 Å². The van der Waals surface area contributed by atoms with Crippen LogP contribution in [-0.2, 0) is 19.5 Å². The van der Waals surface area contributed by atoms with Crippen LogP contribution in [0.15, 0.2) is 35.1 Å². The van der Waals surface area contributed by atoms with Gasteiger partial charge in [-0.15, -0.1) is 0 Å². The predicted molar refractivity (Wildman–Crippen MR) is 67.4 cm³/mol. The van der Waals surface area contributed by atoms with E-state index in [-0.39, 0.29) is 31.0 Å². The van der Waals surface area contributed by atoms with Gasteiger partial charge >= 0.3 is 19.5 Å². The zero-order valence-electron chi connectivity index (χ0n) is 8.40. The van der Waals surface area contributed by atoms with E-state index >= 15 is 0 Å². The van der Waals surface area contributed by atoms with Gasteiger partial charge in [-0.05, 0) is 22.6 Å². The quantitative estimate of drug-likeness (QED) is 0.585. The van der Waals surface area contributed by atoms with E-state index in [1.807, 2.05) is 52.9 Å². The van der Waals surface area contributed by atoms with Gasteiger partial charge in [0.15, 0.2) is 0 Å². The summed E-state index contributed by atoms with van der Waals surface area (Å²) in [6.07, 6.45) is 0. The third-order valence-electron chi connectivity index (χ3n) is 1.93. The molecule has 1 aromatic carbocycles. The van der Waals surface area contributed by atoms with Crippen molar-refractivity contribution >= 4 is 28.5 Å². The van der Waals surface area contributed by atoms with E-state index in [0.29, 0.717) is 9.26 Å². The molecule has 0 bridgehead atoms. The van der Waals surface area contributed by atoms with Crippen LogP contribution < -0.4 is 11.3 Å². The van der Waals surface area contributed by atoms with E-state index in [1.54, 1.807) is 0 Å². The van der Waals surface area contributed by atoms with Crippen molar-refractivity contribution in [3.8, 4) is 11.3 Å². The summed E-state index contributed by atoms with van der Waals surface area (Å²) in [6, 6.07) is 9.48. The fraction of sp³-hybridized carbons (Fsp3) is 0. The average molecular weight is 378 g/mol. The number of hydrogen-bond acceptors (Lipinski definition) is 3. The molecular weight excluding hydrogens is 370 g/mol. The van der Waals surface area contributed by atoms with Crippen molar-refractivity contribution in [2.45, 2.75) is 0 Å². The molecule has 76 valence electrons. The van der Waals surface area contributed by atoms with Gasteiger partial charge < -0.3 is 5.73 Å². The Bertz CT molecular complexity index is 542. The summed E-state index contributed by atoms with van der Waals surface area (Å²) in [5, 5.41) is 0. The topological polar surface area (TPSA) is 71.8 Å². The van der Waals surface area contributed by atoms with E-state index in [2.05, 4.69) is 9.97 Å². The van der Waals surface area contributed by atoms with Crippen molar-refractivity contribution in [3.63, 3.8) is 0 Å². The molecule has 0 unspecified atom stereocenters. The van der Waals surface area contributed by atoms with Gasteiger partial charge in [-0.1, -0.05) is 30.3 Å². The van der Waals surface area contributed by atoms with Crippen molar-refractivity contribution in [3.05, 3.63) is 44.3 Å². The third kappa shape index (κ3) is 2.68. The number of halogens is 1. The molecule has 0 amide bonds. The van der Waals surface area contributed by atoms with Gasteiger partial charge in [0.2, 0.25) is 5.95 Å². The van der Waals surface area contributed by atoms with E-state index in [9.17, 15) is 4.79 Å². The van der Waals surface area contributed by atoms with Crippen LogP contribution in [0.5, 0.6) is 0 Å². The first-order chi connectivity index (χ1) is 7.18. The number of anilines is 1. The summed E-state index contributed by atoms with van der Waals surface area (Å²) in [4.78, 5) is 18.0. The number of benzene rings is 1. The molecule has 0 aliphatic rings. The Hall–Kier alpha value is -0.747. The summed E-state index contributed by atoms with van der Waals surface area (Å²) < 4.78 is 0.549. The van der Waals surface area contributed by atoms with Gasteiger partial charge in [0.1, 0.15) is 3.57 Å². The van der Waals surface area contributed by atoms with Crippen LogP contribution in [0.3, 0.4) is 0 Å². The first kappa shape index (κ1) is 13.3. The Labute approximate surface area is 119 Å². The molecule has 4 nitrogen and oxygen atoms in total. The molecule has 0 atom stereocenters. The molecule has 0 aliphatic heterocycles. The number of nitrogens with zero attached hydrogens (tertiary/aromatic N) is 1. The van der Waals surface area contributed by atoms with Crippen molar-refractivity contribution in [1.29, 1.82) is 0 Å². The molecule has 16 heavy (non-hydrogen) atoms. The maximum atomic E-state index is 11.5. The Morgan fingerprint density at radius 2 is 1.88 bits per heavy atom. The minimum absolute atomic E-state index is 0. The normalized spacial score (nSPS) is 9.56. The number of nitrogens with two attached hydrogens (primary N) is 1. The number of aromatic amines is 1. The number of rotatable bonds is 1. The zero-order valence-corrected chi connectivity index (χ0v) is 13.5.